The van der Waals surface area contributed by atoms with Gasteiger partial charge in [0.05, 0.1) is 29.1 Å². The molecule has 0 saturated carbocycles. The number of carbonyl (C=O) groups excluding carboxylic acids is 1. The van der Waals surface area contributed by atoms with E-state index in [0.717, 1.165) is 23.9 Å². The molecular formula is C13H7Cl2F2N3O2. The Kier molecular flexibility index (Phi) is 4.26. The molecule has 0 amide bonds. The molecule has 114 valence electrons. The lowest BCUT2D eigenvalue weighted by Gasteiger charge is -2.11. The Morgan fingerprint density at radius 1 is 1.41 bits per heavy atom. The van der Waals surface area contributed by atoms with Crippen molar-refractivity contribution in [3.63, 3.8) is 0 Å². The summed E-state index contributed by atoms with van der Waals surface area (Å²) in [6.45, 7) is 0. The van der Waals surface area contributed by atoms with Crippen LogP contribution in [0.5, 0.6) is 0 Å². The summed E-state index contributed by atoms with van der Waals surface area (Å²) in [6, 6.07) is 2.67. The van der Waals surface area contributed by atoms with Gasteiger partial charge in [0.25, 0.3) is 0 Å². The number of ether oxygens (including phenoxy) is 1. The molecule has 22 heavy (non-hydrogen) atoms. The van der Waals surface area contributed by atoms with E-state index in [1.807, 2.05) is 0 Å². The number of nitriles is 1. The molecule has 5 nitrogen and oxygen atoms in total. The lowest BCUT2D eigenvalue weighted by Crippen LogP contribution is -2.12. The van der Waals surface area contributed by atoms with Gasteiger partial charge in [0.15, 0.2) is 17.3 Å². The highest BCUT2D eigenvalue weighted by Crippen LogP contribution is 2.33. The zero-order valence-electron chi connectivity index (χ0n) is 11.0. The molecule has 2 N–H and O–H groups in total. The van der Waals surface area contributed by atoms with Gasteiger partial charge >= 0.3 is 5.97 Å². The van der Waals surface area contributed by atoms with E-state index in [-0.39, 0.29) is 22.6 Å². The fourth-order valence-electron chi connectivity index (χ4n) is 1.84. The normalized spacial score (nSPS) is 10.4. The number of hydrogen-bond donors (Lipinski definition) is 1. The summed E-state index contributed by atoms with van der Waals surface area (Å²) in [5, 5.41) is 7.68. The standard InChI is InChI=1S/C13H7Cl2F2N3O2/c1-22-13(21)12-11(19)5(3-18)4-20(12)7-2-6(14)9(16)8(15)10(7)17/h2,4H,19H2,1H3. The average Bonchev–Trinajstić information content (AvgIpc) is 2.84. The quantitative estimate of drug-likeness (QED) is 0.514. The summed E-state index contributed by atoms with van der Waals surface area (Å²) >= 11 is 11.2. The Labute approximate surface area is 133 Å². The molecule has 2 aromatic rings. The van der Waals surface area contributed by atoms with Crippen LogP contribution in [0.2, 0.25) is 10.0 Å². The molecule has 0 unspecified atom stereocenters. The second-order valence-corrected chi connectivity index (χ2v) is 4.88. The molecule has 1 aromatic heterocycles. The van der Waals surface area contributed by atoms with Crippen LogP contribution in [0.1, 0.15) is 16.1 Å². The Bertz CT molecular complexity index is 828. The lowest BCUT2D eigenvalue weighted by molar-refractivity contribution is 0.0593. The number of halogens is 4. The SMILES string of the molecule is COC(=O)c1c(N)c(C#N)cn1-c1cc(Cl)c(F)c(Cl)c1F. The van der Waals surface area contributed by atoms with Gasteiger partial charge in [0, 0.05) is 6.20 Å². The molecule has 0 saturated heterocycles. The van der Waals surface area contributed by atoms with Crippen molar-refractivity contribution in [1.82, 2.24) is 4.57 Å². The van der Waals surface area contributed by atoms with Crippen LogP contribution in [0, 0.1) is 23.0 Å². The van der Waals surface area contributed by atoms with Crippen LogP contribution in [0.4, 0.5) is 14.5 Å². The number of methoxy groups -OCH3 is 1. The Morgan fingerprint density at radius 2 is 2.05 bits per heavy atom. The predicted octanol–water partition coefficient (Wildman–Crippen LogP) is 3.30. The molecule has 0 fully saturated rings. The number of anilines is 1. The van der Waals surface area contributed by atoms with Crippen LogP contribution in [0.3, 0.4) is 0 Å². The van der Waals surface area contributed by atoms with Gasteiger partial charge in [-0.1, -0.05) is 23.2 Å². The molecule has 0 aliphatic rings. The third-order valence-corrected chi connectivity index (χ3v) is 3.49. The van der Waals surface area contributed by atoms with Crippen molar-refractivity contribution in [3.8, 4) is 11.8 Å². The molecule has 9 heteroatoms. The lowest BCUT2D eigenvalue weighted by atomic mass is 10.2. The topological polar surface area (TPSA) is 81.0 Å². The third-order valence-electron chi connectivity index (χ3n) is 2.89. The zero-order valence-corrected chi connectivity index (χ0v) is 12.5. The van der Waals surface area contributed by atoms with E-state index in [9.17, 15) is 13.6 Å². The fraction of sp³-hybridized carbons (Fsp3) is 0.0769. The first-order chi connectivity index (χ1) is 10.3. The number of benzene rings is 1. The molecule has 0 radical (unpaired) electrons. The largest absolute Gasteiger partial charge is 0.464 e. The fourth-order valence-corrected chi connectivity index (χ4v) is 2.29. The van der Waals surface area contributed by atoms with Crippen molar-refractivity contribution < 1.29 is 18.3 Å². The second-order valence-electron chi connectivity index (χ2n) is 4.10. The predicted molar refractivity (Wildman–Crippen MR) is 76.2 cm³/mol. The number of nitrogen functional groups attached to an aromatic ring is 1. The minimum Gasteiger partial charge on any atom is -0.464 e. The second kappa shape index (κ2) is 5.83. The van der Waals surface area contributed by atoms with Crippen LogP contribution < -0.4 is 5.73 Å². The minimum absolute atomic E-state index is 0.0867. The number of hydrogen-bond acceptors (Lipinski definition) is 4. The van der Waals surface area contributed by atoms with Gasteiger partial charge in [0.1, 0.15) is 11.1 Å². The maximum absolute atomic E-state index is 14.2. The summed E-state index contributed by atoms with van der Waals surface area (Å²) in [7, 11) is 1.09. The number of esters is 1. The maximum Gasteiger partial charge on any atom is 0.357 e. The number of rotatable bonds is 2. The van der Waals surface area contributed by atoms with Crippen molar-refractivity contribution >= 4 is 34.9 Å². The number of carbonyl (C=O) groups is 1. The highest BCUT2D eigenvalue weighted by molar-refractivity contribution is 6.35. The van der Waals surface area contributed by atoms with E-state index in [4.69, 9.17) is 34.2 Å². The highest BCUT2D eigenvalue weighted by atomic mass is 35.5. The Balaban J connectivity index is 2.85. The summed E-state index contributed by atoms with van der Waals surface area (Å²) in [5.74, 6) is -3.20. The summed E-state index contributed by atoms with van der Waals surface area (Å²) in [6.07, 6.45) is 1.10. The van der Waals surface area contributed by atoms with Crippen molar-refractivity contribution in [1.29, 1.82) is 5.26 Å². The van der Waals surface area contributed by atoms with Crippen molar-refractivity contribution in [2.45, 2.75) is 0 Å². The molecule has 0 spiro atoms. The van der Waals surface area contributed by atoms with E-state index in [0.29, 0.717) is 0 Å². The average molecular weight is 346 g/mol. The van der Waals surface area contributed by atoms with Gasteiger partial charge in [-0.2, -0.15) is 5.26 Å². The van der Waals surface area contributed by atoms with Crippen LogP contribution in [0.15, 0.2) is 12.3 Å². The van der Waals surface area contributed by atoms with Crippen molar-refractivity contribution in [3.05, 3.63) is 45.2 Å². The Morgan fingerprint density at radius 3 is 2.59 bits per heavy atom. The van der Waals surface area contributed by atoms with E-state index in [1.165, 1.54) is 0 Å². The van der Waals surface area contributed by atoms with Gasteiger partial charge < -0.3 is 15.0 Å². The summed E-state index contributed by atoms with van der Waals surface area (Å²) in [4.78, 5) is 11.8. The number of aromatic nitrogens is 1. The monoisotopic (exact) mass is 345 g/mol. The van der Waals surface area contributed by atoms with Crippen LogP contribution >= 0.6 is 23.2 Å². The molecule has 0 aliphatic carbocycles. The van der Waals surface area contributed by atoms with E-state index >= 15 is 0 Å². The molecule has 0 atom stereocenters. The van der Waals surface area contributed by atoms with Crippen LogP contribution in [-0.2, 0) is 4.74 Å². The maximum atomic E-state index is 14.2. The molecule has 0 bridgehead atoms. The minimum atomic E-state index is -1.16. The van der Waals surface area contributed by atoms with E-state index in [1.54, 1.807) is 6.07 Å². The van der Waals surface area contributed by atoms with Gasteiger partial charge in [-0.15, -0.1) is 0 Å². The van der Waals surface area contributed by atoms with Gasteiger partial charge in [-0.05, 0) is 6.07 Å². The number of nitrogens with two attached hydrogens (primary N) is 1. The van der Waals surface area contributed by atoms with E-state index < -0.39 is 27.6 Å². The first kappa shape index (κ1) is 16.1. The van der Waals surface area contributed by atoms with Gasteiger partial charge in [0.2, 0.25) is 0 Å². The summed E-state index contributed by atoms with van der Waals surface area (Å²) < 4.78 is 33.2. The van der Waals surface area contributed by atoms with Crippen LogP contribution in [-0.4, -0.2) is 17.6 Å². The van der Waals surface area contributed by atoms with Crippen LogP contribution in [0.25, 0.3) is 5.69 Å². The molecule has 0 aliphatic heterocycles. The first-order valence-electron chi connectivity index (χ1n) is 5.66. The number of nitrogens with zero attached hydrogens (tertiary/aromatic N) is 2. The molecule has 2 rings (SSSR count). The zero-order chi connectivity index (χ0) is 16.6. The molecule has 1 aromatic carbocycles. The van der Waals surface area contributed by atoms with Crippen molar-refractivity contribution in [2.75, 3.05) is 12.8 Å². The highest BCUT2D eigenvalue weighted by Gasteiger charge is 2.25. The molecule has 1 heterocycles. The van der Waals surface area contributed by atoms with Gasteiger partial charge in [-0.3, -0.25) is 0 Å². The first-order valence-corrected chi connectivity index (χ1v) is 6.41. The van der Waals surface area contributed by atoms with E-state index in [2.05, 4.69) is 4.74 Å². The Hall–Kier alpha value is -2.30. The van der Waals surface area contributed by atoms with Gasteiger partial charge in [-0.25, -0.2) is 13.6 Å². The third kappa shape index (κ3) is 2.36. The summed E-state index contributed by atoms with van der Waals surface area (Å²) in [5.41, 5.74) is 4.75. The molecular weight excluding hydrogens is 339 g/mol. The smallest absolute Gasteiger partial charge is 0.357 e. The van der Waals surface area contributed by atoms with Crippen molar-refractivity contribution in [2.24, 2.45) is 0 Å².